The Morgan fingerprint density at radius 1 is 1.35 bits per heavy atom. The van der Waals surface area contributed by atoms with Gasteiger partial charge in [-0.25, -0.2) is 4.98 Å². The average Bonchev–Trinajstić information content (AvgIpc) is 2.68. The van der Waals surface area contributed by atoms with Gasteiger partial charge in [-0.05, 0) is 12.1 Å². The summed E-state index contributed by atoms with van der Waals surface area (Å²) < 4.78 is 5.08. The molecule has 0 aliphatic heterocycles. The summed E-state index contributed by atoms with van der Waals surface area (Å²) in [5.74, 6) is -0.159. The van der Waals surface area contributed by atoms with Gasteiger partial charge in [0, 0.05) is 11.9 Å². The van der Waals surface area contributed by atoms with Crippen molar-refractivity contribution in [3.8, 4) is 0 Å². The Kier molecular flexibility index (Phi) is 6.23. The standard InChI is InChI=1S/C10H9N3O2.2ClH/c11-10(14)8-6-15-9(13-8)5-7-3-1-2-4-12-7;;/h1-4,6H,5H2,(H2,11,14);2*1H. The van der Waals surface area contributed by atoms with Crippen molar-refractivity contribution in [3.05, 3.63) is 47.9 Å². The van der Waals surface area contributed by atoms with Gasteiger partial charge in [-0.15, -0.1) is 24.8 Å². The van der Waals surface area contributed by atoms with Gasteiger partial charge in [-0.1, -0.05) is 6.07 Å². The highest BCUT2D eigenvalue weighted by atomic mass is 35.5. The van der Waals surface area contributed by atoms with Gasteiger partial charge in [0.1, 0.15) is 6.26 Å². The molecule has 0 saturated heterocycles. The van der Waals surface area contributed by atoms with Gasteiger partial charge in [-0.2, -0.15) is 0 Å². The molecule has 0 unspecified atom stereocenters. The van der Waals surface area contributed by atoms with Gasteiger partial charge >= 0.3 is 0 Å². The average molecular weight is 276 g/mol. The Labute approximate surface area is 110 Å². The summed E-state index contributed by atoms with van der Waals surface area (Å²) in [4.78, 5) is 18.8. The van der Waals surface area contributed by atoms with Crippen molar-refractivity contribution in [3.63, 3.8) is 0 Å². The fourth-order valence-corrected chi connectivity index (χ4v) is 1.16. The highest BCUT2D eigenvalue weighted by molar-refractivity contribution is 5.90. The van der Waals surface area contributed by atoms with Crippen molar-refractivity contribution >= 4 is 30.7 Å². The Morgan fingerprint density at radius 3 is 2.65 bits per heavy atom. The first-order valence-electron chi connectivity index (χ1n) is 4.40. The molecule has 0 aromatic carbocycles. The third kappa shape index (κ3) is 4.05. The number of rotatable bonds is 3. The lowest BCUT2D eigenvalue weighted by atomic mass is 10.3. The van der Waals surface area contributed by atoms with E-state index in [0.717, 1.165) is 5.69 Å². The predicted octanol–water partition coefficient (Wildman–Crippen LogP) is 1.60. The molecule has 0 radical (unpaired) electrons. The number of halogens is 2. The quantitative estimate of drug-likeness (QED) is 0.923. The van der Waals surface area contributed by atoms with Crippen LogP contribution in [0, 0.1) is 0 Å². The van der Waals surface area contributed by atoms with Gasteiger partial charge in [0.2, 0.25) is 5.89 Å². The van der Waals surface area contributed by atoms with E-state index in [4.69, 9.17) is 10.2 Å². The molecule has 2 N–H and O–H groups in total. The van der Waals surface area contributed by atoms with Crippen LogP contribution in [-0.4, -0.2) is 15.9 Å². The minimum Gasteiger partial charge on any atom is -0.448 e. The van der Waals surface area contributed by atoms with Crippen LogP contribution in [0.2, 0.25) is 0 Å². The van der Waals surface area contributed by atoms with Crippen molar-refractivity contribution in [2.45, 2.75) is 6.42 Å². The van der Waals surface area contributed by atoms with E-state index in [-0.39, 0.29) is 30.5 Å². The Balaban J connectivity index is 0.00000128. The summed E-state index contributed by atoms with van der Waals surface area (Å²) in [6.07, 6.45) is 3.39. The SMILES string of the molecule is Cl.Cl.NC(=O)c1coc(Cc2ccccn2)n1. The van der Waals surface area contributed by atoms with Gasteiger partial charge in [0.15, 0.2) is 5.69 Å². The maximum atomic E-state index is 10.8. The molecule has 7 heteroatoms. The summed E-state index contributed by atoms with van der Waals surface area (Å²) in [6, 6.07) is 5.56. The van der Waals surface area contributed by atoms with E-state index in [2.05, 4.69) is 9.97 Å². The van der Waals surface area contributed by atoms with E-state index in [9.17, 15) is 4.79 Å². The van der Waals surface area contributed by atoms with Crippen LogP contribution < -0.4 is 5.73 Å². The lowest BCUT2D eigenvalue weighted by Gasteiger charge is -1.93. The molecule has 0 aliphatic carbocycles. The molecule has 0 bridgehead atoms. The van der Waals surface area contributed by atoms with Crippen LogP contribution in [0.25, 0.3) is 0 Å². The molecule has 0 saturated carbocycles. The molecule has 1 amide bonds. The van der Waals surface area contributed by atoms with E-state index < -0.39 is 5.91 Å². The van der Waals surface area contributed by atoms with E-state index in [0.29, 0.717) is 12.3 Å². The number of nitrogens with zero attached hydrogens (tertiary/aromatic N) is 2. The van der Waals surface area contributed by atoms with Crippen LogP contribution in [-0.2, 0) is 6.42 Å². The second-order valence-electron chi connectivity index (χ2n) is 2.99. The van der Waals surface area contributed by atoms with Gasteiger partial charge < -0.3 is 10.2 Å². The molecule has 2 aromatic heterocycles. The van der Waals surface area contributed by atoms with Crippen molar-refractivity contribution in [2.75, 3.05) is 0 Å². The molecule has 0 spiro atoms. The van der Waals surface area contributed by atoms with E-state index >= 15 is 0 Å². The van der Waals surface area contributed by atoms with Crippen LogP contribution >= 0.6 is 24.8 Å². The van der Waals surface area contributed by atoms with Gasteiger partial charge in [-0.3, -0.25) is 9.78 Å². The van der Waals surface area contributed by atoms with E-state index in [1.807, 2.05) is 18.2 Å². The number of carbonyl (C=O) groups is 1. The molecule has 2 rings (SSSR count). The molecule has 92 valence electrons. The third-order valence-corrected chi connectivity index (χ3v) is 1.86. The minimum atomic E-state index is -0.592. The summed E-state index contributed by atoms with van der Waals surface area (Å²) in [5, 5.41) is 0. The molecule has 0 aliphatic rings. The number of carbonyl (C=O) groups excluding carboxylic acids is 1. The minimum absolute atomic E-state index is 0. The summed E-state index contributed by atoms with van der Waals surface area (Å²) in [7, 11) is 0. The fraction of sp³-hybridized carbons (Fsp3) is 0.100. The highest BCUT2D eigenvalue weighted by Crippen LogP contribution is 2.06. The monoisotopic (exact) mass is 275 g/mol. The smallest absolute Gasteiger partial charge is 0.270 e. The van der Waals surface area contributed by atoms with Crippen LogP contribution in [0.3, 0.4) is 0 Å². The van der Waals surface area contributed by atoms with Crippen molar-refractivity contribution in [1.29, 1.82) is 0 Å². The molecular formula is C10H11Cl2N3O2. The number of hydrogen-bond acceptors (Lipinski definition) is 4. The molecule has 0 fully saturated rings. The van der Waals surface area contributed by atoms with Crippen LogP contribution in [0.5, 0.6) is 0 Å². The third-order valence-electron chi connectivity index (χ3n) is 1.86. The molecule has 2 aromatic rings. The summed E-state index contributed by atoms with van der Waals surface area (Å²) >= 11 is 0. The summed E-state index contributed by atoms with van der Waals surface area (Å²) in [6.45, 7) is 0. The number of oxazole rings is 1. The lowest BCUT2D eigenvalue weighted by Crippen LogP contribution is -2.11. The Bertz CT molecular complexity index is 473. The molecular weight excluding hydrogens is 265 g/mol. The normalized spacial score (nSPS) is 8.94. The summed E-state index contributed by atoms with van der Waals surface area (Å²) in [5.41, 5.74) is 6.01. The van der Waals surface area contributed by atoms with Crippen molar-refractivity contribution < 1.29 is 9.21 Å². The number of aromatic nitrogens is 2. The molecule has 17 heavy (non-hydrogen) atoms. The molecule has 5 nitrogen and oxygen atoms in total. The van der Waals surface area contributed by atoms with Crippen molar-refractivity contribution in [1.82, 2.24) is 9.97 Å². The van der Waals surface area contributed by atoms with E-state index in [1.54, 1.807) is 6.20 Å². The predicted molar refractivity (Wildman–Crippen MR) is 66.6 cm³/mol. The number of pyridine rings is 1. The topological polar surface area (TPSA) is 82.0 Å². The second-order valence-corrected chi connectivity index (χ2v) is 2.99. The van der Waals surface area contributed by atoms with Crippen LogP contribution in [0.1, 0.15) is 22.1 Å². The first-order chi connectivity index (χ1) is 7.25. The maximum Gasteiger partial charge on any atom is 0.270 e. The molecule has 0 atom stereocenters. The number of amides is 1. The van der Waals surface area contributed by atoms with Crippen LogP contribution in [0.15, 0.2) is 35.1 Å². The number of primary amides is 1. The molecule has 2 heterocycles. The second kappa shape index (κ2) is 6.88. The largest absolute Gasteiger partial charge is 0.448 e. The fourth-order valence-electron chi connectivity index (χ4n) is 1.16. The Hall–Kier alpha value is -1.59. The van der Waals surface area contributed by atoms with Gasteiger partial charge in [0.25, 0.3) is 5.91 Å². The zero-order chi connectivity index (χ0) is 10.7. The first kappa shape index (κ1) is 15.4. The van der Waals surface area contributed by atoms with Crippen molar-refractivity contribution in [2.24, 2.45) is 5.73 Å². The Morgan fingerprint density at radius 2 is 2.12 bits per heavy atom. The highest BCUT2D eigenvalue weighted by Gasteiger charge is 2.09. The first-order valence-corrected chi connectivity index (χ1v) is 4.40. The number of nitrogens with two attached hydrogens (primary N) is 1. The zero-order valence-electron chi connectivity index (χ0n) is 8.70. The number of hydrogen-bond donors (Lipinski definition) is 1. The van der Waals surface area contributed by atoms with Crippen LogP contribution in [0.4, 0.5) is 0 Å². The van der Waals surface area contributed by atoms with Gasteiger partial charge in [0.05, 0.1) is 6.42 Å². The lowest BCUT2D eigenvalue weighted by molar-refractivity contribution is 0.0995. The maximum absolute atomic E-state index is 10.8. The zero-order valence-corrected chi connectivity index (χ0v) is 10.3. The van der Waals surface area contributed by atoms with E-state index in [1.165, 1.54) is 6.26 Å².